The fourth-order valence-corrected chi connectivity index (χ4v) is 3.20. The first kappa shape index (κ1) is 13.6. The van der Waals surface area contributed by atoms with E-state index in [4.69, 9.17) is 5.73 Å². The minimum absolute atomic E-state index is 0.568. The molecule has 0 unspecified atom stereocenters. The Balaban J connectivity index is 1.54. The zero-order valence-electron chi connectivity index (χ0n) is 11.7. The average molecular weight is 290 g/mol. The molecule has 2 aliphatic rings. The van der Waals surface area contributed by atoms with Gasteiger partial charge in [-0.25, -0.2) is 4.99 Å². The van der Waals surface area contributed by atoms with E-state index in [-0.39, 0.29) is 0 Å². The molecule has 0 radical (unpaired) electrons. The van der Waals surface area contributed by atoms with Gasteiger partial charge in [-0.15, -0.1) is 0 Å². The van der Waals surface area contributed by atoms with Crippen molar-refractivity contribution in [1.82, 2.24) is 5.32 Å². The molecule has 0 atom stereocenters. The summed E-state index contributed by atoms with van der Waals surface area (Å²) >= 11 is 2.04. The fourth-order valence-electron chi connectivity index (χ4n) is 2.29. The van der Waals surface area contributed by atoms with Crippen LogP contribution in [0.1, 0.15) is 18.4 Å². The van der Waals surface area contributed by atoms with Gasteiger partial charge in [0.1, 0.15) is 0 Å². The first-order valence-corrected chi connectivity index (χ1v) is 8.45. The van der Waals surface area contributed by atoms with Gasteiger partial charge in [0.2, 0.25) is 0 Å². The third kappa shape index (κ3) is 3.82. The van der Waals surface area contributed by atoms with Crippen LogP contribution in [0.5, 0.6) is 0 Å². The molecule has 1 aliphatic carbocycles. The van der Waals surface area contributed by atoms with Gasteiger partial charge in [-0.2, -0.15) is 11.8 Å². The van der Waals surface area contributed by atoms with Crippen LogP contribution in [0.15, 0.2) is 29.3 Å². The van der Waals surface area contributed by atoms with Crippen LogP contribution < -0.4 is 16.0 Å². The zero-order valence-corrected chi connectivity index (χ0v) is 12.5. The molecule has 1 heterocycles. The molecule has 0 bridgehead atoms. The SMILES string of the molecule is NC(=NCc1ccc(N2CCSCC2)cc1)NC1CC1. The average Bonchev–Trinajstić information content (AvgIpc) is 3.31. The lowest BCUT2D eigenvalue weighted by Crippen LogP contribution is -2.33. The van der Waals surface area contributed by atoms with Gasteiger partial charge in [-0.1, -0.05) is 12.1 Å². The highest BCUT2D eigenvalue weighted by atomic mass is 32.2. The summed E-state index contributed by atoms with van der Waals surface area (Å²) in [4.78, 5) is 6.83. The first-order valence-electron chi connectivity index (χ1n) is 7.29. The molecule has 1 aliphatic heterocycles. The van der Waals surface area contributed by atoms with E-state index in [1.165, 1.54) is 35.6 Å². The van der Waals surface area contributed by atoms with E-state index in [1.807, 2.05) is 11.8 Å². The summed E-state index contributed by atoms with van der Waals surface area (Å²) in [6.45, 7) is 2.96. The lowest BCUT2D eigenvalue weighted by molar-refractivity contribution is 0.857. The maximum absolute atomic E-state index is 5.84. The smallest absolute Gasteiger partial charge is 0.189 e. The van der Waals surface area contributed by atoms with Crippen LogP contribution in [0.25, 0.3) is 0 Å². The van der Waals surface area contributed by atoms with Crippen LogP contribution in [-0.2, 0) is 6.54 Å². The highest BCUT2D eigenvalue weighted by molar-refractivity contribution is 7.99. The number of hydrogen-bond donors (Lipinski definition) is 2. The number of nitrogens with two attached hydrogens (primary N) is 1. The second-order valence-electron chi connectivity index (χ2n) is 5.39. The van der Waals surface area contributed by atoms with Gasteiger partial charge in [0.15, 0.2) is 5.96 Å². The molecule has 1 saturated carbocycles. The van der Waals surface area contributed by atoms with Crippen LogP contribution in [0, 0.1) is 0 Å². The van der Waals surface area contributed by atoms with E-state index in [0.717, 1.165) is 13.1 Å². The summed E-state index contributed by atoms with van der Waals surface area (Å²) in [5.41, 5.74) is 8.37. The van der Waals surface area contributed by atoms with Crippen molar-refractivity contribution in [3.63, 3.8) is 0 Å². The van der Waals surface area contributed by atoms with E-state index >= 15 is 0 Å². The van der Waals surface area contributed by atoms with E-state index in [2.05, 4.69) is 39.5 Å². The number of hydrogen-bond acceptors (Lipinski definition) is 3. The van der Waals surface area contributed by atoms with Gasteiger partial charge < -0.3 is 16.0 Å². The number of rotatable bonds is 4. The van der Waals surface area contributed by atoms with E-state index < -0.39 is 0 Å². The van der Waals surface area contributed by atoms with E-state index in [1.54, 1.807) is 0 Å². The first-order chi connectivity index (χ1) is 9.81. The molecule has 4 nitrogen and oxygen atoms in total. The summed E-state index contributed by atoms with van der Waals surface area (Å²) in [7, 11) is 0. The minimum Gasteiger partial charge on any atom is -0.370 e. The van der Waals surface area contributed by atoms with Gasteiger partial charge >= 0.3 is 0 Å². The molecule has 1 saturated heterocycles. The highest BCUT2D eigenvalue weighted by Gasteiger charge is 2.21. The quantitative estimate of drug-likeness (QED) is 0.656. The van der Waals surface area contributed by atoms with Gasteiger partial charge in [0.25, 0.3) is 0 Å². The van der Waals surface area contributed by atoms with Crippen molar-refractivity contribution in [2.75, 3.05) is 29.5 Å². The van der Waals surface area contributed by atoms with Crippen LogP contribution in [-0.4, -0.2) is 36.6 Å². The summed E-state index contributed by atoms with van der Waals surface area (Å²) in [5, 5.41) is 3.20. The molecule has 0 aromatic heterocycles. The van der Waals surface area contributed by atoms with Crippen molar-refractivity contribution in [3.05, 3.63) is 29.8 Å². The Morgan fingerprint density at radius 1 is 1.25 bits per heavy atom. The topological polar surface area (TPSA) is 53.6 Å². The number of aliphatic imine (C=N–C) groups is 1. The Morgan fingerprint density at radius 3 is 2.60 bits per heavy atom. The molecule has 0 spiro atoms. The minimum atomic E-state index is 0.568. The van der Waals surface area contributed by atoms with Gasteiger partial charge in [0.05, 0.1) is 6.54 Å². The number of nitrogens with zero attached hydrogens (tertiary/aromatic N) is 2. The van der Waals surface area contributed by atoms with Crippen LogP contribution in [0.3, 0.4) is 0 Å². The van der Waals surface area contributed by atoms with E-state index in [9.17, 15) is 0 Å². The number of thioether (sulfide) groups is 1. The van der Waals surface area contributed by atoms with Crippen LogP contribution in [0.2, 0.25) is 0 Å². The predicted molar refractivity (Wildman–Crippen MR) is 87.5 cm³/mol. The van der Waals surface area contributed by atoms with Crippen molar-refractivity contribution in [2.45, 2.75) is 25.4 Å². The Hall–Kier alpha value is -1.36. The molecule has 3 rings (SSSR count). The van der Waals surface area contributed by atoms with Crippen molar-refractivity contribution in [1.29, 1.82) is 0 Å². The second kappa shape index (κ2) is 6.39. The second-order valence-corrected chi connectivity index (χ2v) is 6.61. The summed E-state index contributed by atoms with van der Waals surface area (Å²) in [6.07, 6.45) is 2.44. The molecule has 2 fully saturated rings. The summed E-state index contributed by atoms with van der Waals surface area (Å²) < 4.78 is 0. The molecule has 108 valence electrons. The lowest BCUT2D eigenvalue weighted by Gasteiger charge is -2.28. The Kier molecular flexibility index (Phi) is 4.35. The molecule has 1 aromatic rings. The Bertz CT molecular complexity index is 461. The highest BCUT2D eigenvalue weighted by Crippen LogP contribution is 2.20. The Labute approximate surface area is 124 Å². The number of guanidine groups is 1. The standard InChI is InChI=1S/C15H22N4S/c16-15(18-13-3-4-13)17-11-12-1-5-14(6-2-12)19-7-9-20-10-8-19/h1-2,5-6,13H,3-4,7-11H2,(H3,16,17,18). The molecular weight excluding hydrogens is 268 g/mol. The third-order valence-electron chi connectivity index (χ3n) is 3.67. The number of nitrogens with one attached hydrogen (secondary N) is 1. The zero-order chi connectivity index (χ0) is 13.8. The van der Waals surface area contributed by atoms with Crippen molar-refractivity contribution in [2.24, 2.45) is 10.7 Å². The van der Waals surface area contributed by atoms with Crippen molar-refractivity contribution in [3.8, 4) is 0 Å². The molecule has 5 heteroatoms. The van der Waals surface area contributed by atoms with Crippen LogP contribution in [0.4, 0.5) is 5.69 Å². The molecule has 0 amide bonds. The Morgan fingerprint density at radius 2 is 1.95 bits per heavy atom. The van der Waals surface area contributed by atoms with Gasteiger partial charge in [-0.05, 0) is 30.5 Å². The third-order valence-corrected chi connectivity index (χ3v) is 4.62. The van der Waals surface area contributed by atoms with Gasteiger partial charge in [0, 0.05) is 36.3 Å². The maximum atomic E-state index is 5.84. The molecule has 1 aromatic carbocycles. The largest absolute Gasteiger partial charge is 0.370 e. The summed E-state index contributed by atoms with van der Waals surface area (Å²) in [5.74, 6) is 3.04. The molecule has 3 N–H and O–H groups in total. The fraction of sp³-hybridized carbons (Fsp3) is 0.533. The van der Waals surface area contributed by atoms with Crippen LogP contribution >= 0.6 is 11.8 Å². The normalized spacial score (nSPS) is 20.0. The monoisotopic (exact) mass is 290 g/mol. The lowest BCUT2D eigenvalue weighted by atomic mass is 10.2. The predicted octanol–water partition coefficient (Wildman–Crippen LogP) is 1.81. The maximum Gasteiger partial charge on any atom is 0.189 e. The molecule has 20 heavy (non-hydrogen) atoms. The van der Waals surface area contributed by atoms with Gasteiger partial charge in [-0.3, -0.25) is 0 Å². The molecular formula is C15H22N4S. The van der Waals surface area contributed by atoms with Crippen molar-refractivity contribution < 1.29 is 0 Å². The number of benzene rings is 1. The number of anilines is 1. The van der Waals surface area contributed by atoms with Crippen molar-refractivity contribution >= 4 is 23.4 Å². The summed E-state index contributed by atoms with van der Waals surface area (Å²) in [6, 6.07) is 9.28. The van der Waals surface area contributed by atoms with E-state index in [0.29, 0.717) is 18.5 Å².